The predicted molar refractivity (Wildman–Crippen MR) is 75.2 cm³/mol. The van der Waals surface area contributed by atoms with E-state index in [0.717, 1.165) is 28.6 Å². The molecule has 1 atom stereocenters. The van der Waals surface area contributed by atoms with Crippen LogP contribution < -0.4 is 0 Å². The zero-order valence-electron chi connectivity index (χ0n) is 11.9. The Labute approximate surface area is 113 Å². The molecule has 0 amide bonds. The van der Waals surface area contributed by atoms with E-state index in [9.17, 15) is 9.90 Å². The third-order valence-corrected chi connectivity index (χ3v) is 3.79. The molecule has 2 rings (SSSR count). The first kappa shape index (κ1) is 13.7. The molecular formula is C15H20N2O2. The van der Waals surface area contributed by atoms with E-state index in [-0.39, 0.29) is 18.3 Å². The van der Waals surface area contributed by atoms with Gasteiger partial charge in [0.1, 0.15) is 12.4 Å². The molecule has 2 aromatic rings. The summed E-state index contributed by atoms with van der Waals surface area (Å²) in [5, 5.41) is 9.24. The highest BCUT2D eigenvalue weighted by molar-refractivity contribution is 6.01. The number of fused-ring (bicyclic) bond motifs is 1. The number of carbonyl (C=O) groups is 1. The van der Waals surface area contributed by atoms with E-state index in [4.69, 9.17) is 0 Å². The molecule has 1 aromatic heterocycles. The molecule has 1 N–H and O–H groups in total. The van der Waals surface area contributed by atoms with Gasteiger partial charge >= 0.3 is 0 Å². The van der Waals surface area contributed by atoms with Crippen LogP contribution >= 0.6 is 0 Å². The SMILES string of the molecule is CCC(C)C(=O)c1cc2nc(CO)n(C)c2cc1C. The molecule has 0 aliphatic carbocycles. The summed E-state index contributed by atoms with van der Waals surface area (Å²) in [6.07, 6.45) is 0.834. The van der Waals surface area contributed by atoms with Crippen LogP contribution in [0.4, 0.5) is 0 Å². The van der Waals surface area contributed by atoms with E-state index < -0.39 is 0 Å². The second kappa shape index (κ2) is 5.13. The number of carbonyl (C=O) groups excluding carboxylic acids is 1. The van der Waals surface area contributed by atoms with Gasteiger partial charge in [-0.15, -0.1) is 0 Å². The van der Waals surface area contributed by atoms with E-state index in [0.29, 0.717) is 5.82 Å². The number of aromatic nitrogens is 2. The van der Waals surface area contributed by atoms with Crippen LogP contribution in [-0.2, 0) is 13.7 Å². The summed E-state index contributed by atoms with van der Waals surface area (Å²) in [5.41, 5.74) is 3.42. The van der Waals surface area contributed by atoms with Crippen molar-refractivity contribution in [2.24, 2.45) is 13.0 Å². The number of hydrogen-bond acceptors (Lipinski definition) is 3. The van der Waals surface area contributed by atoms with Crippen LogP contribution in [-0.4, -0.2) is 20.4 Å². The zero-order valence-corrected chi connectivity index (χ0v) is 11.9. The van der Waals surface area contributed by atoms with Crippen molar-refractivity contribution >= 4 is 16.8 Å². The average molecular weight is 260 g/mol. The predicted octanol–water partition coefficient (Wildman–Crippen LogP) is 2.60. The molecule has 0 saturated heterocycles. The Morgan fingerprint density at radius 1 is 1.47 bits per heavy atom. The van der Waals surface area contributed by atoms with Crippen molar-refractivity contribution in [1.82, 2.24) is 9.55 Å². The maximum atomic E-state index is 12.3. The summed E-state index contributed by atoms with van der Waals surface area (Å²) in [6, 6.07) is 3.81. The molecule has 1 heterocycles. The minimum absolute atomic E-state index is 0.0252. The first-order valence-electron chi connectivity index (χ1n) is 6.60. The van der Waals surface area contributed by atoms with E-state index in [1.807, 2.05) is 44.5 Å². The van der Waals surface area contributed by atoms with Crippen molar-refractivity contribution in [2.45, 2.75) is 33.8 Å². The van der Waals surface area contributed by atoms with Crippen molar-refractivity contribution in [1.29, 1.82) is 0 Å². The molecule has 1 unspecified atom stereocenters. The maximum absolute atomic E-state index is 12.3. The number of rotatable bonds is 4. The molecule has 4 nitrogen and oxygen atoms in total. The molecule has 0 spiro atoms. The molecule has 102 valence electrons. The highest BCUT2D eigenvalue weighted by atomic mass is 16.3. The van der Waals surface area contributed by atoms with Crippen molar-refractivity contribution in [3.05, 3.63) is 29.1 Å². The molecule has 19 heavy (non-hydrogen) atoms. The van der Waals surface area contributed by atoms with Gasteiger partial charge < -0.3 is 9.67 Å². The molecule has 0 aliphatic rings. The van der Waals surface area contributed by atoms with Crippen LogP contribution in [0.1, 0.15) is 42.0 Å². The number of aliphatic hydroxyl groups is 1. The maximum Gasteiger partial charge on any atom is 0.166 e. The van der Waals surface area contributed by atoms with Crippen LogP contribution in [0.3, 0.4) is 0 Å². The third-order valence-electron chi connectivity index (χ3n) is 3.79. The fourth-order valence-corrected chi connectivity index (χ4v) is 2.25. The first-order valence-corrected chi connectivity index (χ1v) is 6.60. The summed E-state index contributed by atoms with van der Waals surface area (Å²) < 4.78 is 1.86. The lowest BCUT2D eigenvalue weighted by Gasteiger charge is -2.10. The summed E-state index contributed by atoms with van der Waals surface area (Å²) in [5.74, 6) is 0.804. The lowest BCUT2D eigenvalue weighted by molar-refractivity contribution is 0.0927. The lowest BCUT2D eigenvalue weighted by atomic mass is 9.94. The quantitative estimate of drug-likeness (QED) is 0.860. The van der Waals surface area contributed by atoms with E-state index in [1.54, 1.807) is 0 Å². The smallest absolute Gasteiger partial charge is 0.166 e. The Morgan fingerprint density at radius 3 is 2.74 bits per heavy atom. The van der Waals surface area contributed by atoms with E-state index >= 15 is 0 Å². The fraction of sp³-hybridized carbons (Fsp3) is 0.467. The number of Topliss-reactive ketones (excluding diaryl/α,β-unsaturated/α-hetero) is 1. The van der Waals surface area contributed by atoms with Gasteiger partial charge in [-0.1, -0.05) is 13.8 Å². The minimum atomic E-state index is -0.0983. The largest absolute Gasteiger partial charge is 0.388 e. The zero-order chi connectivity index (χ0) is 14.2. The van der Waals surface area contributed by atoms with Crippen molar-refractivity contribution in [2.75, 3.05) is 0 Å². The van der Waals surface area contributed by atoms with Crippen molar-refractivity contribution in [3.8, 4) is 0 Å². The molecule has 0 aliphatic heterocycles. The van der Waals surface area contributed by atoms with Gasteiger partial charge in [0.25, 0.3) is 0 Å². The standard InChI is InChI=1S/C15H20N2O2/c1-5-9(2)15(19)11-7-12-13(6-10(11)3)17(4)14(8-18)16-12/h6-7,9,18H,5,8H2,1-4H3. The summed E-state index contributed by atoms with van der Waals surface area (Å²) in [4.78, 5) is 16.7. The minimum Gasteiger partial charge on any atom is -0.388 e. The Bertz CT molecular complexity index is 629. The number of ketones is 1. The van der Waals surface area contributed by atoms with Crippen LogP contribution in [0.15, 0.2) is 12.1 Å². The molecule has 0 radical (unpaired) electrons. The summed E-state index contributed by atoms with van der Waals surface area (Å²) in [6.45, 7) is 5.81. The fourth-order valence-electron chi connectivity index (χ4n) is 2.25. The molecule has 0 fully saturated rings. The number of imidazole rings is 1. The molecule has 0 saturated carbocycles. The Kier molecular flexibility index (Phi) is 3.71. The molecular weight excluding hydrogens is 240 g/mol. The number of hydrogen-bond donors (Lipinski definition) is 1. The average Bonchev–Trinajstić information content (AvgIpc) is 2.72. The van der Waals surface area contributed by atoms with Crippen LogP contribution in [0, 0.1) is 12.8 Å². The summed E-state index contributed by atoms with van der Waals surface area (Å²) in [7, 11) is 1.87. The first-order chi connectivity index (χ1) is 8.99. The monoisotopic (exact) mass is 260 g/mol. The van der Waals surface area contributed by atoms with Crippen molar-refractivity contribution < 1.29 is 9.90 Å². The lowest BCUT2D eigenvalue weighted by Crippen LogP contribution is -2.11. The Hall–Kier alpha value is -1.68. The Morgan fingerprint density at radius 2 is 2.16 bits per heavy atom. The molecule has 0 bridgehead atoms. The second-order valence-electron chi connectivity index (χ2n) is 5.07. The highest BCUT2D eigenvalue weighted by Gasteiger charge is 2.18. The molecule has 1 aromatic carbocycles. The molecule has 4 heteroatoms. The third kappa shape index (κ3) is 2.28. The number of nitrogens with zero attached hydrogens (tertiary/aromatic N) is 2. The van der Waals surface area contributed by atoms with Crippen LogP contribution in [0.25, 0.3) is 11.0 Å². The van der Waals surface area contributed by atoms with Gasteiger partial charge in [0, 0.05) is 18.5 Å². The van der Waals surface area contributed by atoms with Gasteiger partial charge in [0.05, 0.1) is 11.0 Å². The highest BCUT2D eigenvalue weighted by Crippen LogP contribution is 2.23. The van der Waals surface area contributed by atoms with Gasteiger partial charge in [-0.25, -0.2) is 4.98 Å². The van der Waals surface area contributed by atoms with Crippen molar-refractivity contribution in [3.63, 3.8) is 0 Å². The van der Waals surface area contributed by atoms with Gasteiger partial charge in [-0.3, -0.25) is 4.79 Å². The topological polar surface area (TPSA) is 55.1 Å². The number of benzene rings is 1. The number of aryl methyl sites for hydroxylation is 2. The van der Waals surface area contributed by atoms with Gasteiger partial charge in [-0.05, 0) is 31.0 Å². The number of aliphatic hydroxyl groups excluding tert-OH is 1. The Balaban J connectivity index is 2.59. The van der Waals surface area contributed by atoms with Gasteiger partial charge in [-0.2, -0.15) is 0 Å². The summed E-state index contributed by atoms with van der Waals surface area (Å²) >= 11 is 0. The van der Waals surface area contributed by atoms with E-state index in [1.165, 1.54) is 0 Å². The van der Waals surface area contributed by atoms with E-state index in [2.05, 4.69) is 4.98 Å². The second-order valence-corrected chi connectivity index (χ2v) is 5.07. The van der Waals surface area contributed by atoms with Gasteiger partial charge in [0.15, 0.2) is 5.78 Å². The van der Waals surface area contributed by atoms with Gasteiger partial charge in [0.2, 0.25) is 0 Å². The van der Waals surface area contributed by atoms with Crippen LogP contribution in [0.5, 0.6) is 0 Å². The van der Waals surface area contributed by atoms with Crippen LogP contribution in [0.2, 0.25) is 0 Å². The normalized spacial score (nSPS) is 12.9.